The SMILES string of the molecule is CCOC(=O)C(C(=O)Nc1nc(C)cs1)C(C)(C)C. The molecule has 0 aromatic carbocycles. The molecule has 19 heavy (non-hydrogen) atoms. The molecule has 0 saturated carbocycles. The molecule has 1 heterocycles. The number of nitrogens with one attached hydrogen (secondary N) is 1. The summed E-state index contributed by atoms with van der Waals surface area (Å²) in [5, 5.41) is 5.02. The molecule has 0 spiro atoms. The van der Waals surface area contributed by atoms with E-state index in [9.17, 15) is 9.59 Å². The van der Waals surface area contributed by atoms with E-state index in [1.165, 1.54) is 11.3 Å². The molecule has 1 atom stereocenters. The van der Waals surface area contributed by atoms with Crippen molar-refractivity contribution >= 4 is 28.3 Å². The Bertz CT molecular complexity index is 463. The molecule has 0 aliphatic heterocycles. The van der Waals surface area contributed by atoms with Crippen LogP contribution >= 0.6 is 11.3 Å². The zero-order chi connectivity index (χ0) is 14.6. The summed E-state index contributed by atoms with van der Waals surface area (Å²) in [5.74, 6) is -1.72. The fourth-order valence-electron chi connectivity index (χ4n) is 1.67. The highest BCUT2D eigenvalue weighted by Crippen LogP contribution is 2.29. The molecule has 0 aliphatic rings. The van der Waals surface area contributed by atoms with E-state index in [0.29, 0.717) is 5.13 Å². The van der Waals surface area contributed by atoms with Crippen LogP contribution in [0.15, 0.2) is 5.38 Å². The van der Waals surface area contributed by atoms with E-state index >= 15 is 0 Å². The van der Waals surface area contributed by atoms with Crippen molar-refractivity contribution in [2.45, 2.75) is 34.6 Å². The van der Waals surface area contributed by atoms with E-state index in [4.69, 9.17) is 4.74 Å². The lowest BCUT2D eigenvalue weighted by atomic mass is 9.80. The third kappa shape index (κ3) is 4.31. The molecule has 1 amide bonds. The van der Waals surface area contributed by atoms with Crippen LogP contribution in [0, 0.1) is 18.3 Å². The van der Waals surface area contributed by atoms with Gasteiger partial charge in [0, 0.05) is 5.38 Å². The van der Waals surface area contributed by atoms with Crippen LogP contribution < -0.4 is 5.32 Å². The fraction of sp³-hybridized carbons (Fsp3) is 0.615. The van der Waals surface area contributed by atoms with Crippen molar-refractivity contribution in [3.63, 3.8) is 0 Å². The first-order valence-electron chi connectivity index (χ1n) is 6.15. The molecule has 0 radical (unpaired) electrons. The minimum Gasteiger partial charge on any atom is -0.465 e. The number of thiazole rings is 1. The predicted octanol–water partition coefficient (Wildman–Crippen LogP) is 2.62. The van der Waals surface area contributed by atoms with Gasteiger partial charge in [-0.1, -0.05) is 20.8 Å². The van der Waals surface area contributed by atoms with Crippen molar-refractivity contribution in [2.75, 3.05) is 11.9 Å². The Kier molecular flexibility index (Phi) is 5.05. The van der Waals surface area contributed by atoms with Gasteiger partial charge >= 0.3 is 5.97 Å². The van der Waals surface area contributed by atoms with E-state index in [0.717, 1.165) is 5.69 Å². The molecular formula is C13H20N2O3S. The lowest BCUT2D eigenvalue weighted by Crippen LogP contribution is -2.40. The lowest BCUT2D eigenvalue weighted by molar-refractivity contribution is -0.155. The first-order chi connectivity index (χ1) is 8.75. The number of aromatic nitrogens is 1. The lowest BCUT2D eigenvalue weighted by Gasteiger charge is -2.27. The summed E-state index contributed by atoms with van der Waals surface area (Å²) in [5.41, 5.74) is 0.326. The Balaban J connectivity index is 2.86. The number of carbonyl (C=O) groups excluding carboxylic acids is 2. The predicted molar refractivity (Wildman–Crippen MR) is 75.1 cm³/mol. The number of aryl methyl sites for hydroxylation is 1. The van der Waals surface area contributed by atoms with Crippen molar-refractivity contribution in [2.24, 2.45) is 11.3 Å². The molecule has 1 aromatic rings. The normalized spacial score (nSPS) is 12.9. The monoisotopic (exact) mass is 284 g/mol. The Hall–Kier alpha value is -1.43. The summed E-state index contributed by atoms with van der Waals surface area (Å²) >= 11 is 1.34. The van der Waals surface area contributed by atoms with Crippen molar-refractivity contribution in [3.8, 4) is 0 Å². The van der Waals surface area contributed by atoms with Crippen LogP contribution in [0.3, 0.4) is 0 Å². The van der Waals surface area contributed by atoms with Crippen molar-refractivity contribution < 1.29 is 14.3 Å². The molecule has 1 N–H and O–H groups in total. The molecule has 0 aliphatic carbocycles. The summed E-state index contributed by atoms with van der Waals surface area (Å²) in [6.45, 7) is 9.33. The topological polar surface area (TPSA) is 68.3 Å². The minimum absolute atomic E-state index is 0.259. The van der Waals surface area contributed by atoms with E-state index in [1.54, 1.807) is 6.92 Å². The van der Waals surface area contributed by atoms with Crippen molar-refractivity contribution in [1.82, 2.24) is 4.98 Å². The van der Waals surface area contributed by atoms with Crippen LogP contribution in [-0.2, 0) is 14.3 Å². The van der Waals surface area contributed by atoms with Gasteiger partial charge in [-0.25, -0.2) is 4.98 Å². The largest absolute Gasteiger partial charge is 0.465 e. The third-order valence-electron chi connectivity index (χ3n) is 2.50. The van der Waals surface area contributed by atoms with Gasteiger partial charge in [-0.05, 0) is 19.3 Å². The van der Waals surface area contributed by atoms with Gasteiger partial charge in [-0.15, -0.1) is 11.3 Å². The number of esters is 1. The summed E-state index contributed by atoms with van der Waals surface area (Å²) in [7, 11) is 0. The second kappa shape index (κ2) is 6.14. The van der Waals surface area contributed by atoms with Gasteiger partial charge < -0.3 is 10.1 Å². The number of hydrogen-bond donors (Lipinski definition) is 1. The number of carbonyl (C=O) groups is 2. The highest BCUT2D eigenvalue weighted by Gasteiger charge is 2.39. The summed E-state index contributed by atoms with van der Waals surface area (Å²) < 4.78 is 4.98. The van der Waals surface area contributed by atoms with Gasteiger partial charge in [-0.3, -0.25) is 9.59 Å². The zero-order valence-electron chi connectivity index (χ0n) is 11.9. The van der Waals surface area contributed by atoms with Gasteiger partial charge in [0.25, 0.3) is 0 Å². The van der Waals surface area contributed by atoms with E-state index in [-0.39, 0.29) is 12.5 Å². The van der Waals surface area contributed by atoms with Crippen LogP contribution in [0.5, 0.6) is 0 Å². The molecule has 1 aromatic heterocycles. The average Bonchev–Trinajstić information content (AvgIpc) is 2.61. The maximum Gasteiger partial charge on any atom is 0.319 e. The molecule has 1 unspecified atom stereocenters. The molecule has 106 valence electrons. The standard InChI is InChI=1S/C13H20N2O3S/c1-6-18-11(17)9(13(3,4)5)10(16)15-12-14-8(2)7-19-12/h7,9H,6H2,1-5H3,(H,14,15,16). The Morgan fingerprint density at radius 2 is 2.11 bits per heavy atom. The molecule has 6 heteroatoms. The fourth-order valence-corrected chi connectivity index (χ4v) is 2.36. The molecular weight excluding hydrogens is 264 g/mol. The summed E-state index contributed by atoms with van der Waals surface area (Å²) in [6, 6.07) is 0. The van der Waals surface area contributed by atoms with E-state index in [1.807, 2.05) is 33.1 Å². The second-order valence-electron chi connectivity index (χ2n) is 5.33. The summed E-state index contributed by atoms with van der Waals surface area (Å²) in [4.78, 5) is 28.3. The Morgan fingerprint density at radius 3 is 2.53 bits per heavy atom. The third-order valence-corrected chi connectivity index (χ3v) is 3.38. The number of amides is 1. The minimum atomic E-state index is -0.850. The number of nitrogens with zero attached hydrogens (tertiary/aromatic N) is 1. The molecule has 0 fully saturated rings. The van der Waals surface area contributed by atoms with Gasteiger partial charge in [0.15, 0.2) is 5.13 Å². The van der Waals surface area contributed by atoms with Crippen molar-refractivity contribution in [3.05, 3.63) is 11.1 Å². The van der Waals surface area contributed by atoms with Crippen LogP contribution in [0.2, 0.25) is 0 Å². The highest BCUT2D eigenvalue weighted by molar-refractivity contribution is 7.13. The van der Waals surface area contributed by atoms with Gasteiger partial charge in [0.2, 0.25) is 5.91 Å². The number of hydrogen-bond acceptors (Lipinski definition) is 5. The van der Waals surface area contributed by atoms with E-state index < -0.39 is 17.3 Å². The number of anilines is 1. The maximum absolute atomic E-state index is 12.2. The average molecular weight is 284 g/mol. The van der Waals surface area contributed by atoms with Crippen molar-refractivity contribution in [1.29, 1.82) is 0 Å². The van der Waals surface area contributed by atoms with Gasteiger partial charge in [-0.2, -0.15) is 0 Å². The van der Waals surface area contributed by atoms with Gasteiger partial charge in [0.05, 0.1) is 12.3 Å². The summed E-state index contributed by atoms with van der Waals surface area (Å²) in [6.07, 6.45) is 0. The van der Waals surface area contributed by atoms with E-state index in [2.05, 4.69) is 10.3 Å². The number of ether oxygens (including phenoxy) is 1. The molecule has 0 saturated heterocycles. The van der Waals surface area contributed by atoms with Gasteiger partial charge in [0.1, 0.15) is 5.92 Å². The quantitative estimate of drug-likeness (QED) is 0.681. The van der Waals surface area contributed by atoms with Crippen LogP contribution in [0.25, 0.3) is 0 Å². The smallest absolute Gasteiger partial charge is 0.319 e. The Labute approximate surface area is 117 Å². The first kappa shape index (κ1) is 15.6. The first-order valence-corrected chi connectivity index (χ1v) is 7.03. The zero-order valence-corrected chi connectivity index (χ0v) is 12.8. The molecule has 1 rings (SSSR count). The molecule has 5 nitrogen and oxygen atoms in total. The molecule has 0 bridgehead atoms. The van der Waals surface area contributed by atoms with Crippen LogP contribution in [0.1, 0.15) is 33.4 Å². The maximum atomic E-state index is 12.2. The second-order valence-corrected chi connectivity index (χ2v) is 6.19. The Morgan fingerprint density at radius 1 is 1.47 bits per heavy atom. The number of rotatable bonds is 4. The highest BCUT2D eigenvalue weighted by atomic mass is 32.1. The van der Waals surface area contributed by atoms with Crippen LogP contribution in [0.4, 0.5) is 5.13 Å². The van der Waals surface area contributed by atoms with Crippen LogP contribution in [-0.4, -0.2) is 23.5 Å².